The molecule has 15 heavy (non-hydrogen) atoms. The van der Waals surface area contributed by atoms with Crippen LogP contribution in [0.25, 0.3) is 0 Å². The fourth-order valence-electron chi connectivity index (χ4n) is 1.14. The summed E-state index contributed by atoms with van der Waals surface area (Å²) in [6.07, 6.45) is 0. The largest absolute Gasteiger partial charge is 0.465 e. The molecule has 1 rings (SSSR count). The Bertz CT molecular complexity index is 438. The number of benzene rings is 1. The van der Waals surface area contributed by atoms with Gasteiger partial charge in [-0.3, -0.25) is 0 Å². The van der Waals surface area contributed by atoms with E-state index in [0.717, 1.165) is 0 Å². The molecule has 0 amide bonds. The Labute approximate surface area is 97.2 Å². The summed E-state index contributed by atoms with van der Waals surface area (Å²) in [5.41, 5.74) is 0.936. The van der Waals surface area contributed by atoms with Crippen LogP contribution in [0.15, 0.2) is 12.1 Å². The Kier molecular flexibility index (Phi) is 3.96. The molecule has 0 unspecified atom stereocenters. The van der Waals surface area contributed by atoms with Gasteiger partial charge in [-0.25, -0.2) is 4.79 Å². The smallest absolute Gasteiger partial charge is 0.340 e. The number of hydrogen-bond acceptors (Lipinski definition) is 3. The van der Waals surface area contributed by atoms with Gasteiger partial charge in [-0.1, -0.05) is 11.6 Å². The summed E-state index contributed by atoms with van der Waals surface area (Å²) in [5.74, 6) is -0.395. The van der Waals surface area contributed by atoms with Crippen LogP contribution in [-0.2, 0) is 10.6 Å². The van der Waals surface area contributed by atoms with Crippen LogP contribution < -0.4 is 0 Å². The lowest BCUT2D eigenvalue weighted by molar-refractivity contribution is 0.0600. The molecule has 0 atom stereocenters. The van der Waals surface area contributed by atoms with Crippen LogP contribution >= 0.6 is 23.2 Å². The van der Waals surface area contributed by atoms with E-state index in [9.17, 15) is 4.79 Å². The van der Waals surface area contributed by atoms with Crippen LogP contribution in [0.4, 0.5) is 0 Å². The van der Waals surface area contributed by atoms with Gasteiger partial charge >= 0.3 is 5.97 Å². The average molecular weight is 244 g/mol. The van der Waals surface area contributed by atoms with Gasteiger partial charge in [0.15, 0.2) is 0 Å². The number of carbonyl (C=O) groups excluding carboxylic acids is 1. The van der Waals surface area contributed by atoms with Crippen molar-refractivity contribution in [3.8, 4) is 6.07 Å². The molecule has 0 fully saturated rings. The van der Waals surface area contributed by atoms with Gasteiger partial charge < -0.3 is 4.74 Å². The average Bonchev–Trinajstić information content (AvgIpc) is 2.26. The van der Waals surface area contributed by atoms with Gasteiger partial charge in [0, 0.05) is 5.88 Å². The zero-order chi connectivity index (χ0) is 11.4. The van der Waals surface area contributed by atoms with Crippen molar-refractivity contribution in [1.82, 2.24) is 0 Å². The number of alkyl halides is 1. The Morgan fingerprint density at radius 1 is 1.60 bits per heavy atom. The predicted molar refractivity (Wildman–Crippen MR) is 57.1 cm³/mol. The van der Waals surface area contributed by atoms with E-state index in [1.165, 1.54) is 13.2 Å². The minimum absolute atomic E-state index is 0.0792. The fraction of sp³-hybridized carbons (Fsp3) is 0.200. The van der Waals surface area contributed by atoms with Crippen LogP contribution in [0.5, 0.6) is 0 Å². The maximum absolute atomic E-state index is 11.3. The maximum atomic E-state index is 11.3. The molecular formula is C10H7Cl2NO2. The summed E-state index contributed by atoms with van der Waals surface area (Å²) >= 11 is 11.5. The number of ether oxygens (including phenoxy) is 1. The van der Waals surface area contributed by atoms with Crippen molar-refractivity contribution in [2.24, 2.45) is 0 Å². The molecule has 0 N–H and O–H groups in total. The van der Waals surface area contributed by atoms with E-state index in [-0.39, 0.29) is 22.0 Å². The lowest BCUT2D eigenvalue weighted by Crippen LogP contribution is -2.05. The lowest BCUT2D eigenvalue weighted by atomic mass is 10.1. The van der Waals surface area contributed by atoms with E-state index in [1.54, 1.807) is 6.07 Å². The second kappa shape index (κ2) is 5.01. The lowest BCUT2D eigenvalue weighted by Gasteiger charge is -2.06. The molecule has 0 aliphatic heterocycles. The van der Waals surface area contributed by atoms with Crippen LogP contribution in [0, 0.1) is 11.3 Å². The predicted octanol–water partition coefficient (Wildman–Crippen LogP) is 2.74. The molecule has 0 aliphatic carbocycles. The minimum atomic E-state index is -0.627. The summed E-state index contributed by atoms with van der Waals surface area (Å²) < 4.78 is 4.53. The summed E-state index contributed by atoms with van der Waals surface area (Å²) in [6.45, 7) is 0. The molecular weight excluding hydrogens is 237 g/mol. The number of halogens is 2. The van der Waals surface area contributed by atoms with Crippen molar-refractivity contribution in [3.05, 3.63) is 33.8 Å². The van der Waals surface area contributed by atoms with Gasteiger partial charge in [0.2, 0.25) is 0 Å². The number of esters is 1. The minimum Gasteiger partial charge on any atom is -0.465 e. The highest BCUT2D eigenvalue weighted by atomic mass is 35.5. The molecule has 0 bridgehead atoms. The highest BCUT2D eigenvalue weighted by Gasteiger charge is 2.17. The molecule has 0 saturated carbocycles. The highest BCUT2D eigenvalue weighted by molar-refractivity contribution is 6.34. The molecule has 0 spiro atoms. The highest BCUT2D eigenvalue weighted by Crippen LogP contribution is 2.23. The standard InChI is InChI=1S/C10H7Cl2NO2/c1-15-10(14)9-7(5-13)2-6(4-11)3-8(9)12/h2-3H,4H2,1H3. The van der Waals surface area contributed by atoms with Crippen molar-refractivity contribution in [1.29, 1.82) is 5.26 Å². The van der Waals surface area contributed by atoms with Crippen molar-refractivity contribution in [2.45, 2.75) is 5.88 Å². The van der Waals surface area contributed by atoms with Gasteiger partial charge in [0.05, 0.1) is 23.3 Å². The van der Waals surface area contributed by atoms with Gasteiger partial charge in [0.1, 0.15) is 6.07 Å². The third-order valence-electron chi connectivity index (χ3n) is 1.81. The maximum Gasteiger partial charge on any atom is 0.340 e. The van der Waals surface area contributed by atoms with Gasteiger partial charge in [-0.15, -0.1) is 11.6 Å². The number of nitrogens with zero attached hydrogens (tertiary/aromatic N) is 1. The summed E-state index contributed by atoms with van der Waals surface area (Å²) in [7, 11) is 1.23. The van der Waals surface area contributed by atoms with E-state index in [2.05, 4.69) is 4.74 Å². The van der Waals surface area contributed by atoms with Crippen LogP contribution in [0.2, 0.25) is 5.02 Å². The van der Waals surface area contributed by atoms with E-state index >= 15 is 0 Å². The quantitative estimate of drug-likeness (QED) is 0.593. The molecule has 0 saturated heterocycles. The van der Waals surface area contributed by atoms with E-state index in [1.807, 2.05) is 6.07 Å². The van der Waals surface area contributed by atoms with Crippen LogP contribution in [0.1, 0.15) is 21.5 Å². The molecule has 0 radical (unpaired) electrons. The number of methoxy groups -OCH3 is 1. The third kappa shape index (κ3) is 2.41. The van der Waals surface area contributed by atoms with Crippen LogP contribution in [0.3, 0.4) is 0 Å². The second-order valence-electron chi connectivity index (χ2n) is 2.74. The molecule has 1 aromatic carbocycles. The molecule has 0 aromatic heterocycles. The zero-order valence-electron chi connectivity index (χ0n) is 7.88. The SMILES string of the molecule is COC(=O)c1c(Cl)cc(CCl)cc1C#N. The molecule has 78 valence electrons. The molecule has 0 heterocycles. The topological polar surface area (TPSA) is 50.1 Å². The first-order valence-electron chi connectivity index (χ1n) is 4.00. The van der Waals surface area contributed by atoms with E-state index < -0.39 is 5.97 Å². The third-order valence-corrected chi connectivity index (χ3v) is 2.42. The fourth-order valence-corrected chi connectivity index (χ4v) is 1.61. The van der Waals surface area contributed by atoms with Crippen molar-refractivity contribution in [3.63, 3.8) is 0 Å². The van der Waals surface area contributed by atoms with Crippen molar-refractivity contribution >= 4 is 29.2 Å². The first-order chi connectivity index (χ1) is 7.13. The summed E-state index contributed by atoms with van der Waals surface area (Å²) in [6, 6.07) is 4.94. The molecule has 5 heteroatoms. The number of carbonyl (C=O) groups is 1. The number of hydrogen-bond donors (Lipinski definition) is 0. The van der Waals surface area contributed by atoms with Crippen molar-refractivity contribution in [2.75, 3.05) is 7.11 Å². The zero-order valence-corrected chi connectivity index (χ0v) is 9.39. The van der Waals surface area contributed by atoms with Gasteiger partial charge in [0.25, 0.3) is 0 Å². The second-order valence-corrected chi connectivity index (χ2v) is 3.41. The monoisotopic (exact) mass is 243 g/mol. The molecule has 3 nitrogen and oxygen atoms in total. The number of rotatable bonds is 2. The Hall–Kier alpha value is -1.24. The Balaban J connectivity index is 3.39. The summed E-state index contributed by atoms with van der Waals surface area (Å²) in [4.78, 5) is 11.3. The van der Waals surface area contributed by atoms with E-state index in [0.29, 0.717) is 5.56 Å². The first-order valence-corrected chi connectivity index (χ1v) is 4.92. The molecule has 0 aliphatic rings. The van der Waals surface area contributed by atoms with Gasteiger partial charge in [-0.2, -0.15) is 5.26 Å². The summed E-state index contributed by atoms with van der Waals surface area (Å²) in [5, 5.41) is 9.03. The van der Waals surface area contributed by atoms with E-state index in [4.69, 9.17) is 28.5 Å². The first kappa shape index (κ1) is 11.8. The Morgan fingerprint density at radius 3 is 2.73 bits per heavy atom. The normalized spacial score (nSPS) is 9.47. The molecule has 1 aromatic rings. The van der Waals surface area contributed by atoms with Crippen molar-refractivity contribution < 1.29 is 9.53 Å². The number of nitriles is 1. The van der Waals surface area contributed by atoms with Gasteiger partial charge in [-0.05, 0) is 17.7 Å². The Morgan fingerprint density at radius 2 is 2.27 bits per heavy atom. The van der Waals surface area contributed by atoms with Crippen LogP contribution in [-0.4, -0.2) is 13.1 Å².